The largest absolute Gasteiger partial charge is 0.341 e. The van der Waals surface area contributed by atoms with Crippen molar-refractivity contribution in [3.63, 3.8) is 0 Å². The van der Waals surface area contributed by atoms with E-state index in [2.05, 4.69) is 9.97 Å². The summed E-state index contributed by atoms with van der Waals surface area (Å²) >= 11 is 0. The van der Waals surface area contributed by atoms with Crippen LogP contribution >= 0.6 is 24.8 Å². The topological polar surface area (TPSA) is 109 Å². The number of sulfonamides is 1. The van der Waals surface area contributed by atoms with E-state index < -0.39 is 20.8 Å². The van der Waals surface area contributed by atoms with E-state index >= 15 is 0 Å². The number of nitrogens with zero attached hydrogens (tertiary/aromatic N) is 2. The number of halogens is 2. The van der Waals surface area contributed by atoms with Gasteiger partial charge in [0.25, 0.3) is 0 Å². The molecule has 0 bridgehead atoms. The van der Waals surface area contributed by atoms with Crippen LogP contribution in [-0.4, -0.2) is 34.1 Å². The fourth-order valence-electron chi connectivity index (χ4n) is 4.03. The molecular weight excluding hydrogens is 471 g/mol. The van der Waals surface area contributed by atoms with Crippen LogP contribution in [0, 0.1) is 0 Å². The number of amides is 1. The zero-order chi connectivity index (χ0) is 21.7. The van der Waals surface area contributed by atoms with Crippen molar-refractivity contribution in [1.82, 2.24) is 14.3 Å². The second-order valence-corrected chi connectivity index (χ2v) is 10.7. The van der Waals surface area contributed by atoms with Crippen molar-refractivity contribution < 1.29 is 13.2 Å². The Morgan fingerprint density at radius 1 is 1.12 bits per heavy atom. The van der Waals surface area contributed by atoms with E-state index in [0.717, 1.165) is 20.9 Å². The first-order valence-electron chi connectivity index (χ1n) is 9.93. The molecule has 2 atom stereocenters. The van der Waals surface area contributed by atoms with E-state index in [4.69, 9.17) is 5.73 Å². The quantitative estimate of drug-likeness (QED) is 0.563. The summed E-state index contributed by atoms with van der Waals surface area (Å²) in [6, 6.07) is 14.8. The molecule has 1 fully saturated rings. The lowest BCUT2D eigenvalue weighted by Gasteiger charge is -2.30. The number of aromatic nitrogens is 2. The Balaban J connectivity index is 0.00000181. The highest BCUT2D eigenvalue weighted by Crippen LogP contribution is 2.40. The van der Waals surface area contributed by atoms with Crippen LogP contribution in [0.5, 0.6) is 0 Å². The number of hydrogen-bond donors (Lipinski definition) is 2. The Kier molecular flexibility index (Phi) is 7.67. The van der Waals surface area contributed by atoms with Crippen molar-refractivity contribution in [2.45, 2.75) is 50.4 Å². The minimum atomic E-state index is -3.74. The van der Waals surface area contributed by atoms with Gasteiger partial charge >= 0.3 is 0 Å². The van der Waals surface area contributed by atoms with Crippen LogP contribution in [0.15, 0.2) is 48.5 Å². The molecule has 3 N–H and O–H groups in total. The van der Waals surface area contributed by atoms with Crippen LogP contribution in [0.25, 0.3) is 11.0 Å². The molecule has 2 aromatic carbocycles. The van der Waals surface area contributed by atoms with Gasteiger partial charge in [-0.25, -0.2) is 17.7 Å². The standard InChI is InChI=1S/C22H26N4O3S.2ClH/c1-22(2,3)26-20(27)13-19(30(26,28)29)15-10-8-14(9-11-15)12-16(23)21-24-17-6-4-5-7-18(17)25-21;;/h4-11,16,19H,12-13,23H2,1-3H3,(H,24,25);2*1H. The number of fused-ring (bicyclic) bond motifs is 1. The van der Waals surface area contributed by atoms with Crippen LogP contribution in [0.2, 0.25) is 0 Å². The Labute approximate surface area is 200 Å². The summed E-state index contributed by atoms with van der Waals surface area (Å²) in [5.41, 5.74) is 8.97. The minimum absolute atomic E-state index is 0. The number of carbonyl (C=O) groups excluding carboxylic acids is 1. The molecule has 32 heavy (non-hydrogen) atoms. The van der Waals surface area contributed by atoms with Gasteiger partial charge < -0.3 is 10.7 Å². The van der Waals surface area contributed by atoms with E-state index in [9.17, 15) is 13.2 Å². The zero-order valence-corrected chi connectivity index (χ0v) is 20.6. The van der Waals surface area contributed by atoms with E-state index in [1.165, 1.54) is 0 Å². The number of benzene rings is 2. The molecule has 1 aliphatic heterocycles. The number of carbonyl (C=O) groups is 1. The lowest BCUT2D eigenvalue weighted by Crippen LogP contribution is -2.45. The van der Waals surface area contributed by atoms with Gasteiger partial charge in [0.15, 0.2) is 0 Å². The number of aromatic amines is 1. The molecule has 4 rings (SSSR count). The van der Waals surface area contributed by atoms with Gasteiger partial charge in [-0.1, -0.05) is 36.4 Å². The lowest BCUT2D eigenvalue weighted by atomic mass is 10.0. The molecule has 7 nitrogen and oxygen atoms in total. The zero-order valence-electron chi connectivity index (χ0n) is 18.1. The number of nitrogens with two attached hydrogens (primary N) is 1. The summed E-state index contributed by atoms with van der Waals surface area (Å²) in [7, 11) is -3.74. The minimum Gasteiger partial charge on any atom is -0.341 e. The van der Waals surface area contributed by atoms with Crippen molar-refractivity contribution in [2.75, 3.05) is 0 Å². The maximum Gasteiger partial charge on any atom is 0.245 e. The van der Waals surface area contributed by atoms with Crippen LogP contribution in [0.3, 0.4) is 0 Å². The van der Waals surface area contributed by atoms with Crippen LogP contribution in [0.1, 0.15) is 55.4 Å². The average molecular weight is 499 g/mol. The molecule has 1 amide bonds. The summed E-state index contributed by atoms with van der Waals surface area (Å²) in [5.74, 6) is 0.355. The summed E-state index contributed by atoms with van der Waals surface area (Å²) in [6.45, 7) is 5.19. The molecule has 0 aliphatic carbocycles. The summed E-state index contributed by atoms with van der Waals surface area (Å²) in [6.07, 6.45) is 0.530. The molecule has 1 aromatic heterocycles. The average Bonchev–Trinajstić information content (AvgIpc) is 3.19. The third-order valence-electron chi connectivity index (χ3n) is 5.38. The first-order chi connectivity index (χ1) is 14.1. The van der Waals surface area contributed by atoms with Gasteiger partial charge in [0.2, 0.25) is 15.9 Å². The monoisotopic (exact) mass is 498 g/mol. The van der Waals surface area contributed by atoms with Crippen LogP contribution in [-0.2, 0) is 21.2 Å². The number of para-hydroxylation sites is 2. The maximum absolute atomic E-state index is 13.0. The van der Waals surface area contributed by atoms with Gasteiger partial charge in [-0.3, -0.25) is 4.79 Å². The molecule has 1 aliphatic rings. The van der Waals surface area contributed by atoms with Gasteiger partial charge in [0.05, 0.1) is 29.0 Å². The highest BCUT2D eigenvalue weighted by molar-refractivity contribution is 7.90. The third-order valence-corrected chi connectivity index (χ3v) is 7.79. The van der Waals surface area contributed by atoms with Crippen molar-refractivity contribution >= 4 is 51.8 Å². The highest BCUT2D eigenvalue weighted by atomic mass is 35.5. The molecule has 0 radical (unpaired) electrons. The van der Waals surface area contributed by atoms with Gasteiger partial charge in [0.1, 0.15) is 11.1 Å². The molecule has 10 heteroatoms. The summed E-state index contributed by atoms with van der Waals surface area (Å²) < 4.78 is 26.9. The van der Waals surface area contributed by atoms with Gasteiger partial charge in [-0.2, -0.15) is 0 Å². The lowest BCUT2D eigenvalue weighted by molar-refractivity contribution is -0.128. The second kappa shape index (κ2) is 9.39. The molecule has 0 spiro atoms. The SMILES string of the molecule is CC(C)(C)N1C(=O)CC(c2ccc(CC(N)c3nc4ccccc4[nH]3)cc2)S1(=O)=O.Cl.Cl. The number of hydrogen-bond acceptors (Lipinski definition) is 5. The van der Waals surface area contributed by atoms with E-state index in [-0.39, 0.29) is 43.2 Å². The molecule has 2 unspecified atom stereocenters. The fraction of sp³-hybridized carbons (Fsp3) is 0.364. The third kappa shape index (κ3) is 4.78. The molecule has 174 valence electrons. The fourth-order valence-corrected chi connectivity index (χ4v) is 6.26. The number of H-pyrrole nitrogens is 1. The predicted molar refractivity (Wildman–Crippen MR) is 131 cm³/mol. The molecule has 1 saturated heterocycles. The smallest absolute Gasteiger partial charge is 0.245 e. The van der Waals surface area contributed by atoms with Crippen molar-refractivity contribution in [2.24, 2.45) is 5.73 Å². The highest BCUT2D eigenvalue weighted by Gasteiger charge is 2.49. The first kappa shape index (κ1) is 26.1. The molecular formula is C22H28Cl2N4O3S. The Bertz CT molecular complexity index is 1170. The van der Waals surface area contributed by atoms with Crippen molar-refractivity contribution in [3.8, 4) is 0 Å². The van der Waals surface area contributed by atoms with Crippen molar-refractivity contribution in [1.29, 1.82) is 0 Å². The normalized spacial score (nSPS) is 18.8. The first-order valence-corrected chi connectivity index (χ1v) is 11.4. The van der Waals surface area contributed by atoms with E-state index in [1.807, 2.05) is 36.4 Å². The van der Waals surface area contributed by atoms with Gasteiger partial charge in [-0.15, -0.1) is 24.8 Å². The number of rotatable bonds is 4. The maximum atomic E-state index is 13.0. The van der Waals surface area contributed by atoms with Gasteiger partial charge in [-0.05, 0) is 50.5 Å². The predicted octanol–water partition coefficient (Wildman–Crippen LogP) is 4.05. The Morgan fingerprint density at radius 3 is 2.31 bits per heavy atom. The second-order valence-electron chi connectivity index (χ2n) is 8.76. The summed E-state index contributed by atoms with van der Waals surface area (Å²) in [4.78, 5) is 20.2. The van der Waals surface area contributed by atoms with E-state index in [0.29, 0.717) is 17.8 Å². The molecule has 3 aromatic rings. The number of imidazole rings is 1. The van der Waals surface area contributed by atoms with Crippen LogP contribution < -0.4 is 5.73 Å². The van der Waals surface area contributed by atoms with Gasteiger partial charge in [0, 0.05) is 0 Å². The van der Waals surface area contributed by atoms with E-state index in [1.54, 1.807) is 32.9 Å². The van der Waals surface area contributed by atoms with Crippen molar-refractivity contribution in [3.05, 3.63) is 65.5 Å². The number of nitrogens with one attached hydrogen (secondary N) is 1. The Morgan fingerprint density at radius 2 is 1.75 bits per heavy atom. The Hall–Kier alpha value is -2.13. The summed E-state index contributed by atoms with van der Waals surface area (Å²) in [5, 5.41) is -0.845. The molecule has 2 heterocycles. The molecule has 0 saturated carbocycles. The van der Waals surface area contributed by atoms with Crippen LogP contribution in [0.4, 0.5) is 0 Å².